The van der Waals surface area contributed by atoms with E-state index in [1.54, 1.807) is 24.1 Å². The second-order valence-corrected chi connectivity index (χ2v) is 6.52. The lowest BCUT2D eigenvalue weighted by atomic mass is 10.1. The molecule has 0 unspecified atom stereocenters. The van der Waals surface area contributed by atoms with E-state index in [1.165, 1.54) is 7.11 Å². The molecule has 0 aliphatic carbocycles. The van der Waals surface area contributed by atoms with Gasteiger partial charge in [-0.15, -0.1) is 0 Å². The molecule has 1 heterocycles. The van der Waals surface area contributed by atoms with Crippen LogP contribution in [0.2, 0.25) is 5.02 Å². The summed E-state index contributed by atoms with van der Waals surface area (Å²) in [5.74, 6) is 0.842. The average Bonchev–Trinajstić information content (AvgIpc) is 2.90. The Morgan fingerprint density at radius 1 is 1.50 bits per heavy atom. The van der Waals surface area contributed by atoms with E-state index in [-0.39, 0.29) is 17.9 Å². The van der Waals surface area contributed by atoms with Crippen LogP contribution in [0.4, 0.5) is 10.5 Å². The van der Waals surface area contributed by atoms with Crippen molar-refractivity contribution in [1.82, 2.24) is 9.80 Å². The Hall–Kier alpha value is -1.95. The molecule has 0 spiro atoms. The van der Waals surface area contributed by atoms with Crippen molar-refractivity contribution in [3.63, 3.8) is 0 Å². The molecule has 7 heteroatoms. The van der Waals surface area contributed by atoms with Gasteiger partial charge in [-0.3, -0.25) is 4.79 Å². The molecule has 1 N–H and O–H groups in total. The number of nitrogens with zero attached hydrogens (tertiary/aromatic N) is 2. The second-order valence-electron chi connectivity index (χ2n) is 6.11. The fraction of sp³-hybridized carbons (Fsp3) is 0.529. The number of carbonyl (C=O) groups excluding carboxylic acids is 2. The highest BCUT2D eigenvalue weighted by molar-refractivity contribution is 6.31. The summed E-state index contributed by atoms with van der Waals surface area (Å²) in [4.78, 5) is 27.6. The van der Waals surface area contributed by atoms with Gasteiger partial charge in [0.1, 0.15) is 5.75 Å². The minimum atomic E-state index is -0.239. The molecular formula is C17H24ClN3O3. The van der Waals surface area contributed by atoms with E-state index in [0.717, 1.165) is 5.56 Å². The first-order valence-corrected chi connectivity index (χ1v) is 8.37. The Morgan fingerprint density at radius 3 is 2.79 bits per heavy atom. The third-order valence-corrected chi connectivity index (χ3v) is 4.68. The predicted octanol–water partition coefficient (Wildman–Crippen LogP) is 2.99. The number of hydrogen-bond acceptors (Lipinski definition) is 3. The van der Waals surface area contributed by atoms with E-state index in [2.05, 4.69) is 5.32 Å². The van der Waals surface area contributed by atoms with Crippen molar-refractivity contribution in [3.8, 4) is 5.75 Å². The van der Waals surface area contributed by atoms with E-state index in [9.17, 15) is 9.59 Å². The topological polar surface area (TPSA) is 61.9 Å². The lowest BCUT2D eigenvalue weighted by Crippen LogP contribution is -2.36. The summed E-state index contributed by atoms with van der Waals surface area (Å²) in [5, 5.41) is 3.43. The summed E-state index contributed by atoms with van der Waals surface area (Å²) in [6.07, 6.45) is 0.495. The van der Waals surface area contributed by atoms with Crippen molar-refractivity contribution >= 4 is 29.2 Å². The summed E-state index contributed by atoms with van der Waals surface area (Å²) in [6, 6.07) is 3.23. The van der Waals surface area contributed by atoms with Crippen LogP contribution >= 0.6 is 11.6 Å². The molecule has 1 aliphatic rings. The van der Waals surface area contributed by atoms with Gasteiger partial charge in [-0.25, -0.2) is 4.79 Å². The van der Waals surface area contributed by atoms with Gasteiger partial charge >= 0.3 is 6.03 Å². The number of ether oxygens (including phenoxy) is 1. The van der Waals surface area contributed by atoms with Crippen molar-refractivity contribution < 1.29 is 14.3 Å². The van der Waals surface area contributed by atoms with Gasteiger partial charge in [-0.2, -0.15) is 0 Å². The summed E-state index contributed by atoms with van der Waals surface area (Å²) < 4.78 is 5.27. The third kappa shape index (κ3) is 4.12. The molecule has 24 heavy (non-hydrogen) atoms. The summed E-state index contributed by atoms with van der Waals surface area (Å²) in [7, 11) is 3.26. The Kier molecular flexibility index (Phi) is 5.94. The lowest BCUT2D eigenvalue weighted by Gasteiger charge is -2.22. The standard InChI is InChI=1S/C17H24ClN3O3/c1-5-21-10-12(7-16(21)22)9-20(3)17(23)19-14-6-11(2)13(18)8-15(14)24-4/h6,8,12H,5,7,9-10H2,1-4H3,(H,19,23)/t12-/m1/s1. The first kappa shape index (κ1) is 18.4. The number of carbonyl (C=O) groups is 2. The normalized spacial score (nSPS) is 17.1. The van der Waals surface area contributed by atoms with Crippen LogP contribution in [-0.2, 0) is 4.79 Å². The molecular weight excluding hydrogens is 330 g/mol. The molecule has 1 aliphatic heterocycles. The maximum Gasteiger partial charge on any atom is 0.321 e. The fourth-order valence-electron chi connectivity index (χ4n) is 2.89. The Balaban J connectivity index is 2.00. The molecule has 0 aromatic heterocycles. The highest BCUT2D eigenvalue weighted by Gasteiger charge is 2.30. The van der Waals surface area contributed by atoms with Crippen LogP contribution in [0.15, 0.2) is 12.1 Å². The van der Waals surface area contributed by atoms with E-state index in [0.29, 0.717) is 42.5 Å². The van der Waals surface area contributed by atoms with Crippen molar-refractivity contribution in [3.05, 3.63) is 22.7 Å². The van der Waals surface area contributed by atoms with Crippen LogP contribution in [-0.4, -0.2) is 55.5 Å². The van der Waals surface area contributed by atoms with Crippen molar-refractivity contribution in [2.45, 2.75) is 20.3 Å². The van der Waals surface area contributed by atoms with Crippen LogP contribution in [0.25, 0.3) is 0 Å². The third-order valence-electron chi connectivity index (χ3n) is 4.28. The average molecular weight is 354 g/mol. The van der Waals surface area contributed by atoms with E-state index in [4.69, 9.17) is 16.3 Å². The van der Waals surface area contributed by atoms with E-state index in [1.807, 2.05) is 18.7 Å². The van der Waals surface area contributed by atoms with Crippen molar-refractivity contribution in [2.75, 3.05) is 39.1 Å². The van der Waals surface area contributed by atoms with Crippen LogP contribution in [0.1, 0.15) is 18.9 Å². The fourth-order valence-corrected chi connectivity index (χ4v) is 3.05. The Morgan fingerprint density at radius 2 is 2.21 bits per heavy atom. The SMILES string of the molecule is CCN1C[C@@H](CN(C)C(=O)Nc2cc(C)c(Cl)cc2OC)CC1=O. The van der Waals surface area contributed by atoms with Gasteiger partial charge in [0.15, 0.2) is 0 Å². The zero-order valence-corrected chi connectivity index (χ0v) is 15.3. The van der Waals surface area contributed by atoms with Gasteiger partial charge in [0.25, 0.3) is 0 Å². The lowest BCUT2D eigenvalue weighted by molar-refractivity contribution is -0.127. The number of halogens is 1. The maximum absolute atomic E-state index is 12.4. The van der Waals surface area contributed by atoms with Gasteiger partial charge < -0.3 is 19.9 Å². The molecule has 132 valence electrons. The number of benzene rings is 1. The van der Waals surface area contributed by atoms with Crippen LogP contribution < -0.4 is 10.1 Å². The van der Waals surface area contributed by atoms with Gasteiger partial charge in [0.2, 0.25) is 5.91 Å². The summed E-state index contributed by atoms with van der Waals surface area (Å²) in [5.41, 5.74) is 1.43. The van der Waals surface area contributed by atoms with Crippen LogP contribution in [0.3, 0.4) is 0 Å². The zero-order valence-electron chi connectivity index (χ0n) is 14.6. The first-order valence-electron chi connectivity index (χ1n) is 7.99. The number of aryl methyl sites for hydroxylation is 1. The number of hydrogen-bond donors (Lipinski definition) is 1. The Bertz CT molecular complexity index is 636. The molecule has 2 rings (SSSR count). The summed E-state index contributed by atoms with van der Waals surface area (Å²) in [6.45, 7) is 5.78. The van der Waals surface area contributed by atoms with Crippen molar-refractivity contribution in [2.24, 2.45) is 5.92 Å². The monoisotopic (exact) mass is 353 g/mol. The predicted molar refractivity (Wildman–Crippen MR) is 94.8 cm³/mol. The molecule has 0 radical (unpaired) electrons. The number of anilines is 1. The van der Waals surface area contributed by atoms with Gasteiger partial charge in [-0.05, 0) is 25.5 Å². The van der Waals surface area contributed by atoms with Crippen molar-refractivity contribution in [1.29, 1.82) is 0 Å². The highest BCUT2D eigenvalue weighted by Crippen LogP contribution is 2.31. The number of methoxy groups -OCH3 is 1. The molecule has 1 aromatic carbocycles. The molecule has 1 saturated heterocycles. The molecule has 0 saturated carbocycles. The molecule has 1 aromatic rings. The molecule has 0 bridgehead atoms. The molecule has 1 atom stereocenters. The minimum Gasteiger partial charge on any atom is -0.495 e. The van der Waals surface area contributed by atoms with Gasteiger partial charge in [-0.1, -0.05) is 11.6 Å². The number of likely N-dealkylation sites (tertiary alicyclic amines) is 1. The smallest absolute Gasteiger partial charge is 0.321 e. The largest absolute Gasteiger partial charge is 0.495 e. The van der Waals surface area contributed by atoms with Gasteiger partial charge in [0, 0.05) is 50.1 Å². The Labute approximate surface area is 147 Å². The molecule has 6 nitrogen and oxygen atoms in total. The molecule has 1 fully saturated rings. The number of urea groups is 1. The number of nitrogens with one attached hydrogen (secondary N) is 1. The van der Waals surface area contributed by atoms with Crippen LogP contribution in [0, 0.1) is 12.8 Å². The van der Waals surface area contributed by atoms with E-state index >= 15 is 0 Å². The van der Waals surface area contributed by atoms with Gasteiger partial charge in [0.05, 0.1) is 12.8 Å². The first-order chi connectivity index (χ1) is 11.3. The number of amides is 3. The quantitative estimate of drug-likeness (QED) is 0.885. The van der Waals surface area contributed by atoms with E-state index < -0.39 is 0 Å². The number of rotatable bonds is 5. The molecule has 3 amide bonds. The maximum atomic E-state index is 12.4. The zero-order chi connectivity index (χ0) is 17.9. The second kappa shape index (κ2) is 7.75. The highest BCUT2D eigenvalue weighted by atomic mass is 35.5. The minimum absolute atomic E-state index is 0.159. The summed E-state index contributed by atoms with van der Waals surface area (Å²) >= 11 is 6.08. The van der Waals surface area contributed by atoms with Crippen LogP contribution in [0.5, 0.6) is 5.75 Å².